The third-order valence-electron chi connectivity index (χ3n) is 7.99. The summed E-state index contributed by atoms with van der Waals surface area (Å²) in [6.07, 6.45) is 0. The predicted octanol–water partition coefficient (Wildman–Crippen LogP) is 6.92. The molecule has 3 heteroatoms. The molecule has 0 N–H and O–H groups in total. The Morgan fingerprint density at radius 2 is 1.81 bits per heavy atom. The number of furan rings is 1. The van der Waals surface area contributed by atoms with E-state index in [1.807, 2.05) is 11.3 Å². The summed E-state index contributed by atoms with van der Waals surface area (Å²) in [5.41, 5.74) is 6.65. The van der Waals surface area contributed by atoms with E-state index in [0.717, 1.165) is 11.3 Å². The number of anilines is 1. The van der Waals surface area contributed by atoms with E-state index in [-0.39, 0.29) is 22.4 Å². The Labute approximate surface area is 159 Å². The lowest BCUT2D eigenvalue weighted by Gasteiger charge is -2.62. The minimum absolute atomic E-state index is 0.0289. The molecule has 0 bridgehead atoms. The molecule has 26 heavy (non-hydrogen) atoms. The third-order valence-corrected chi connectivity index (χ3v) is 8.90. The van der Waals surface area contributed by atoms with Gasteiger partial charge in [0, 0.05) is 16.7 Å². The van der Waals surface area contributed by atoms with Crippen LogP contribution in [-0.2, 0) is 11.0 Å². The molecule has 3 aromatic rings. The van der Waals surface area contributed by atoms with E-state index in [2.05, 4.69) is 83.0 Å². The molecule has 136 valence electrons. The van der Waals surface area contributed by atoms with Crippen molar-refractivity contribution in [3.63, 3.8) is 0 Å². The highest BCUT2D eigenvalue weighted by atomic mass is 32.1. The van der Waals surface area contributed by atoms with E-state index in [4.69, 9.17) is 4.42 Å². The van der Waals surface area contributed by atoms with E-state index < -0.39 is 0 Å². The van der Waals surface area contributed by atoms with Gasteiger partial charge in [0.25, 0.3) is 0 Å². The zero-order chi connectivity index (χ0) is 18.6. The molecule has 2 nitrogen and oxygen atoms in total. The Hall–Kier alpha value is -1.74. The molecule has 0 fully saturated rings. The average molecular weight is 366 g/mol. The number of nitrogens with zero attached hydrogens (tertiary/aromatic N) is 1. The van der Waals surface area contributed by atoms with Crippen molar-refractivity contribution >= 4 is 27.3 Å². The molecule has 2 aromatic heterocycles. The molecule has 0 amide bonds. The smallest absolute Gasteiger partial charge is 0.145 e. The van der Waals surface area contributed by atoms with Crippen LogP contribution in [0.2, 0.25) is 0 Å². The minimum atomic E-state index is -0.111. The van der Waals surface area contributed by atoms with Gasteiger partial charge < -0.3 is 9.32 Å². The number of thiophene rings is 1. The van der Waals surface area contributed by atoms with Crippen molar-refractivity contribution in [3.8, 4) is 0 Å². The molecule has 2 atom stereocenters. The standard InChI is InChI=1S/C23H27NOS/c1-13-9-8-10-15-18(13)24-14(2)19-17(20-16(25-19)11-12-26-20)23(24,7)22(5,6)21(15,3)4/h8-12,14H,1-7H3/t14-,23?/m0/s1. The van der Waals surface area contributed by atoms with Crippen molar-refractivity contribution in [3.05, 3.63) is 52.1 Å². The van der Waals surface area contributed by atoms with Crippen molar-refractivity contribution in [1.29, 1.82) is 0 Å². The second-order valence-electron chi connectivity index (χ2n) is 9.29. The van der Waals surface area contributed by atoms with Crippen molar-refractivity contribution < 1.29 is 4.42 Å². The molecule has 0 aliphatic carbocycles. The molecular formula is C23H27NOS. The van der Waals surface area contributed by atoms with Gasteiger partial charge in [-0.05, 0) is 48.8 Å². The summed E-state index contributed by atoms with van der Waals surface area (Å²) < 4.78 is 7.74. The van der Waals surface area contributed by atoms with Gasteiger partial charge in [-0.1, -0.05) is 45.9 Å². The highest BCUT2D eigenvalue weighted by molar-refractivity contribution is 7.17. The number of hydrogen-bond acceptors (Lipinski definition) is 3. The van der Waals surface area contributed by atoms with Gasteiger partial charge >= 0.3 is 0 Å². The first kappa shape index (κ1) is 16.4. The number of aryl methyl sites for hydroxylation is 1. The van der Waals surface area contributed by atoms with Gasteiger partial charge in [0.05, 0.1) is 16.3 Å². The number of benzene rings is 1. The normalized spacial score (nSPS) is 28.1. The third kappa shape index (κ3) is 1.49. The molecule has 0 radical (unpaired) electrons. The van der Waals surface area contributed by atoms with E-state index in [0.29, 0.717) is 0 Å². The molecule has 1 aromatic carbocycles. The number of rotatable bonds is 0. The van der Waals surface area contributed by atoms with Gasteiger partial charge in [0.15, 0.2) is 0 Å². The van der Waals surface area contributed by atoms with Gasteiger partial charge in [-0.25, -0.2) is 0 Å². The summed E-state index contributed by atoms with van der Waals surface area (Å²) in [7, 11) is 0. The molecular weight excluding hydrogens is 338 g/mol. The van der Waals surface area contributed by atoms with Gasteiger partial charge in [-0.3, -0.25) is 0 Å². The van der Waals surface area contributed by atoms with Crippen LogP contribution in [0.4, 0.5) is 5.69 Å². The molecule has 0 spiro atoms. The SMILES string of the molecule is Cc1cccc2c1N1[C@@H](C)c3oc4ccsc4c3C1(C)C(C)(C)C2(C)C. The van der Waals surface area contributed by atoms with Crippen molar-refractivity contribution in [1.82, 2.24) is 0 Å². The second-order valence-corrected chi connectivity index (χ2v) is 10.2. The van der Waals surface area contributed by atoms with Crippen LogP contribution >= 0.6 is 11.3 Å². The van der Waals surface area contributed by atoms with Crippen LogP contribution in [0.5, 0.6) is 0 Å². The Morgan fingerprint density at radius 3 is 2.54 bits per heavy atom. The predicted molar refractivity (Wildman–Crippen MR) is 110 cm³/mol. The molecule has 0 saturated carbocycles. The number of hydrogen-bond donors (Lipinski definition) is 0. The quantitative estimate of drug-likeness (QED) is 0.430. The summed E-state index contributed by atoms with van der Waals surface area (Å²) in [5, 5.41) is 2.16. The summed E-state index contributed by atoms with van der Waals surface area (Å²) >= 11 is 1.82. The van der Waals surface area contributed by atoms with E-state index in [1.165, 1.54) is 27.1 Å². The summed E-state index contributed by atoms with van der Waals surface area (Å²) in [6.45, 7) is 16.7. The molecule has 4 heterocycles. The Bertz CT molecular complexity index is 1050. The van der Waals surface area contributed by atoms with Crippen molar-refractivity contribution in [2.45, 2.75) is 65.5 Å². The van der Waals surface area contributed by atoms with E-state index in [9.17, 15) is 0 Å². The fraction of sp³-hybridized carbons (Fsp3) is 0.478. The molecule has 0 saturated heterocycles. The average Bonchev–Trinajstić information content (AvgIpc) is 3.19. The van der Waals surface area contributed by atoms with Crippen LogP contribution in [0, 0.1) is 12.3 Å². The number of para-hydroxylation sites is 1. The highest BCUT2D eigenvalue weighted by Gasteiger charge is 2.65. The molecule has 1 unspecified atom stereocenters. The van der Waals surface area contributed by atoms with Crippen LogP contribution in [0.15, 0.2) is 34.1 Å². The summed E-state index contributed by atoms with van der Waals surface area (Å²) in [6, 6.07) is 9.16. The fourth-order valence-corrected chi connectivity index (χ4v) is 6.65. The maximum atomic E-state index is 6.41. The van der Waals surface area contributed by atoms with Crippen LogP contribution < -0.4 is 4.90 Å². The van der Waals surface area contributed by atoms with Crippen LogP contribution in [0.1, 0.15) is 70.0 Å². The van der Waals surface area contributed by atoms with E-state index >= 15 is 0 Å². The van der Waals surface area contributed by atoms with Crippen molar-refractivity contribution in [2.75, 3.05) is 4.90 Å². The lowest BCUT2D eigenvalue weighted by molar-refractivity contribution is 0.0661. The summed E-state index contributed by atoms with van der Waals surface area (Å²) in [4.78, 5) is 2.66. The zero-order valence-electron chi connectivity index (χ0n) is 16.7. The monoisotopic (exact) mass is 365 g/mol. The van der Waals surface area contributed by atoms with E-state index in [1.54, 1.807) is 0 Å². The zero-order valence-corrected chi connectivity index (χ0v) is 17.5. The summed E-state index contributed by atoms with van der Waals surface area (Å²) in [5.74, 6) is 1.16. The number of fused-ring (bicyclic) bond motifs is 7. The highest BCUT2D eigenvalue weighted by Crippen LogP contribution is 2.68. The Balaban J connectivity index is 1.95. The maximum Gasteiger partial charge on any atom is 0.145 e. The maximum absolute atomic E-state index is 6.41. The van der Waals surface area contributed by atoms with Crippen LogP contribution in [-0.4, -0.2) is 0 Å². The molecule has 2 aliphatic rings. The Morgan fingerprint density at radius 1 is 1.08 bits per heavy atom. The largest absolute Gasteiger partial charge is 0.458 e. The molecule has 2 aliphatic heterocycles. The van der Waals surface area contributed by atoms with Crippen LogP contribution in [0.3, 0.4) is 0 Å². The topological polar surface area (TPSA) is 16.4 Å². The lowest BCUT2D eigenvalue weighted by Crippen LogP contribution is -2.62. The first-order valence-corrected chi connectivity index (χ1v) is 10.4. The van der Waals surface area contributed by atoms with Crippen molar-refractivity contribution in [2.24, 2.45) is 5.41 Å². The van der Waals surface area contributed by atoms with Crippen LogP contribution in [0.25, 0.3) is 10.3 Å². The van der Waals surface area contributed by atoms with Gasteiger partial charge in [0.1, 0.15) is 11.3 Å². The molecule has 5 rings (SSSR count). The van der Waals surface area contributed by atoms with Gasteiger partial charge in [-0.15, -0.1) is 11.3 Å². The van der Waals surface area contributed by atoms with Gasteiger partial charge in [-0.2, -0.15) is 0 Å². The Kier molecular flexibility index (Phi) is 2.88. The fourth-order valence-electron chi connectivity index (χ4n) is 5.68. The minimum Gasteiger partial charge on any atom is -0.458 e. The second kappa shape index (κ2) is 4.56. The first-order valence-electron chi connectivity index (χ1n) is 9.54. The first-order chi connectivity index (χ1) is 12.1. The van der Waals surface area contributed by atoms with Gasteiger partial charge in [0.2, 0.25) is 0 Å². The lowest BCUT2D eigenvalue weighted by atomic mass is 9.51.